The van der Waals surface area contributed by atoms with Gasteiger partial charge in [-0.15, -0.1) is 0 Å². The van der Waals surface area contributed by atoms with Crippen molar-refractivity contribution in [1.29, 1.82) is 5.26 Å². The molecule has 1 saturated carbocycles. The van der Waals surface area contributed by atoms with Gasteiger partial charge in [0, 0.05) is 19.3 Å². The van der Waals surface area contributed by atoms with E-state index in [2.05, 4.69) is 6.07 Å². The number of nitriles is 1. The van der Waals surface area contributed by atoms with E-state index in [-0.39, 0.29) is 11.5 Å². The van der Waals surface area contributed by atoms with Crippen LogP contribution in [0.15, 0.2) is 0 Å². The van der Waals surface area contributed by atoms with Crippen molar-refractivity contribution < 1.29 is 4.74 Å². The van der Waals surface area contributed by atoms with E-state index in [0.29, 0.717) is 5.92 Å². The van der Waals surface area contributed by atoms with E-state index >= 15 is 0 Å². The number of rotatable bonds is 2. The summed E-state index contributed by atoms with van der Waals surface area (Å²) < 4.78 is 5.28. The van der Waals surface area contributed by atoms with Crippen LogP contribution in [0.2, 0.25) is 0 Å². The Bertz CT molecular complexity index is 224. The molecule has 13 heavy (non-hydrogen) atoms. The molecule has 72 valence electrons. The summed E-state index contributed by atoms with van der Waals surface area (Å²) in [5, 5.41) is 9.00. The molecular formula is C10H16N2O. The Morgan fingerprint density at radius 3 is 2.46 bits per heavy atom. The summed E-state index contributed by atoms with van der Waals surface area (Å²) in [6.07, 6.45) is 4.07. The first-order chi connectivity index (χ1) is 6.28. The number of ether oxygens (including phenoxy) is 1. The standard InChI is InChI=1S/C10H16N2O/c11-7-10(3-4-10)9(12)8-1-5-13-6-2-8/h8-9H,1-6,12H2. The van der Waals surface area contributed by atoms with Crippen LogP contribution >= 0.6 is 0 Å². The average Bonchev–Trinajstić information content (AvgIpc) is 2.99. The fourth-order valence-corrected chi connectivity index (χ4v) is 2.18. The van der Waals surface area contributed by atoms with E-state index in [4.69, 9.17) is 15.7 Å². The first-order valence-corrected chi connectivity index (χ1v) is 5.03. The SMILES string of the molecule is N#CC1(C(N)C2CCOCC2)CC1. The van der Waals surface area contributed by atoms with E-state index in [9.17, 15) is 0 Å². The molecule has 2 rings (SSSR count). The van der Waals surface area contributed by atoms with Crippen LogP contribution in [-0.2, 0) is 4.74 Å². The van der Waals surface area contributed by atoms with Crippen LogP contribution in [0.25, 0.3) is 0 Å². The molecule has 0 aromatic rings. The molecule has 1 atom stereocenters. The second-order valence-electron chi connectivity index (χ2n) is 4.24. The lowest BCUT2D eigenvalue weighted by molar-refractivity contribution is 0.0526. The second kappa shape index (κ2) is 3.28. The molecule has 2 aliphatic rings. The summed E-state index contributed by atoms with van der Waals surface area (Å²) in [5.41, 5.74) is 5.96. The first-order valence-electron chi connectivity index (χ1n) is 5.03. The van der Waals surface area contributed by atoms with Gasteiger partial charge < -0.3 is 10.5 Å². The molecule has 0 radical (unpaired) electrons. The Morgan fingerprint density at radius 2 is 2.00 bits per heavy atom. The molecule has 3 nitrogen and oxygen atoms in total. The fourth-order valence-electron chi connectivity index (χ4n) is 2.18. The van der Waals surface area contributed by atoms with Crippen LogP contribution in [0.5, 0.6) is 0 Å². The Morgan fingerprint density at radius 1 is 1.38 bits per heavy atom. The van der Waals surface area contributed by atoms with Crippen LogP contribution in [0.4, 0.5) is 0 Å². The predicted molar refractivity (Wildman–Crippen MR) is 48.8 cm³/mol. The highest BCUT2D eigenvalue weighted by atomic mass is 16.5. The molecular weight excluding hydrogens is 164 g/mol. The summed E-state index contributed by atoms with van der Waals surface area (Å²) in [4.78, 5) is 0. The Labute approximate surface area is 78.9 Å². The van der Waals surface area contributed by atoms with Gasteiger partial charge in [-0.2, -0.15) is 5.26 Å². The highest BCUT2D eigenvalue weighted by molar-refractivity contribution is 5.16. The fraction of sp³-hybridized carbons (Fsp3) is 0.900. The van der Waals surface area contributed by atoms with Gasteiger partial charge in [-0.1, -0.05) is 0 Å². The molecule has 0 amide bonds. The minimum atomic E-state index is -0.165. The highest BCUT2D eigenvalue weighted by Crippen LogP contribution is 2.50. The number of nitrogens with two attached hydrogens (primary N) is 1. The maximum atomic E-state index is 9.00. The number of nitrogens with zero attached hydrogens (tertiary/aromatic N) is 1. The first kappa shape index (κ1) is 8.98. The lowest BCUT2D eigenvalue weighted by Crippen LogP contribution is -2.41. The topological polar surface area (TPSA) is 59.0 Å². The van der Waals surface area contributed by atoms with Gasteiger partial charge in [0.2, 0.25) is 0 Å². The van der Waals surface area contributed by atoms with Gasteiger partial charge in [-0.25, -0.2) is 0 Å². The maximum absolute atomic E-state index is 9.00. The van der Waals surface area contributed by atoms with Gasteiger partial charge >= 0.3 is 0 Å². The zero-order chi connectivity index (χ0) is 9.31. The zero-order valence-electron chi connectivity index (χ0n) is 7.83. The van der Waals surface area contributed by atoms with Crippen molar-refractivity contribution in [3.8, 4) is 6.07 Å². The molecule has 0 spiro atoms. The van der Waals surface area contributed by atoms with Crippen molar-refractivity contribution in [2.75, 3.05) is 13.2 Å². The van der Waals surface area contributed by atoms with Crippen molar-refractivity contribution in [2.45, 2.75) is 31.7 Å². The molecule has 2 fully saturated rings. The molecule has 1 unspecified atom stereocenters. The Hall–Kier alpha value is -0.590. The largest absolute Gasteiger partial charge is 0.381 e. The van der Waals surface area contributed by atoms with E-state index in [1.165, 1.54) is 0 Å². The third-order valence-corrected chi connectivity index (χ3v) is 3.42. The molecule has 0 aromatic heterocycles. The smallest absolute Gasteiger partial charge is 0.0728 e. The maximum Gasteiger partial charge on any atom is 0.0728 e. The van der Waals surface area contributed by atoms with Crippen LogP contribution < -0.4 is 5.73 Å². The van der Waals surface area contributed by atoms with Crippen molar-refractivity contribution in [1.82, 2.24) is 0 Å². The minimum absolute atomic E-state index is 0.0846. The second-order valence-corrected chi connectivity index (χ2v) is 4.24. The summed E-state index contributed by atoms with van der Waals surface area (Å²) >= 11 is 0. The molecule has 1 saturated heterocycles. The number of hydrogen-bond donors (Lipinski definition) is 1. The van der Waals surface area contributed by atoms with E-state index in [1.54, 1.807) is 0 Å². The normalized spacial score (nSPS) is 29.2. The third kappa shape index (κ3) is 1.56. The molecule has 2 N–H and O–H groups in total. The molecule has 1 aliphatic carbocycles. The van der Waals surface area contributed by atoms with Gasteiger partial charge in [0.25, 0.3) is 0 Å². The van der Waals surface area contributed by atoms with E-state index in [1.807, 2.05) is 0 Å². The van der Waals surface area contributed by atoms with Crippen LogP contribution in [-0.4, -0.2) is 19.3 Å². The molecule has 1 heterocycles. The molecule has 1 aliphatic heterocycles. The van der Waals surface area contributed by atoms with Crippen molar-refractivity contribution in [2.24, 2.45) is 17.1 Å². The van der Waals surface area contributed by atoms with Gasteiger partial charge in [0.1, 0.15) is 0 Å². The van der Waals surface area contributed by atoms with E-state index in [0.717, 1.165) is 38.9 Å². The van der Waals surface area contributed by atoms with Gasteiger partial charge in [0.15, 0.2) is 0 Å². The summed E-state index contributed by atoms with van der Waals surface area (Å²) in [5.74, 6) is 0.510. The average molecular weight is 180 g/mol. The highest BCUT2D eigenvalue weighted by Gasteiger charge is 2.51. The lowest BCUT2D eigenvalue weighted by atomic mass is 9.83. The van der Waals surface area contributed by atoms with Gasteiger partial charge in [-0.3, -0.25) is 0 Å². The third-order valence-electron chi connectivity index (χ3n) is 3.42. The Kier molecular flexibility index (Phi) is 2.27. The van der Waals surface area contributed by atoms with Crippen molar-refractivity contribution >= 4 is 0 Å². The van der Waals surface area contributed by atoms with Gasteiger partial charge in [-0.05, 0) is 31.6 Å². The summed E-state index contributed by atoms with van der Waals surface area (Å²) in [6, 6.07) is 2.47. The van der Waals surface area contributed by atoms with Crippen molar-refractivity contribution in [3.63, 3.8) is 0 Å². The quantitative estimate of drug-likeness (QED) is 0.690. The van der Waals surface area contributed by atoms with Crippen LogP contribution in [0.3, 0.4) is 0 Å². The van der Waals surface area contributed by atoms with Gasteiger partial charge in [0.05, 0.1) is 11.5 Å². The monoisotopic (exact) mass is 180 g/mol. The minimum Gasteiger partial charge on any atom is -0.381 e. The Balaban J connectivity index is 1.96. The summed E-state index contributed by atoms with van der Waals surface area (Å²) in [6.45, 7) is 1.64. The lowest BCUT2D eigenvalue weighted by Gasteiger charge is -2.30. The number of hydrogen-bond acceptors (Lipinski definition) is 3. The van der Waals surface area contributed by atoms with Crippen molar-refractivity contribution in [3.05, 3.63) is 0 Å². The van der Waals surface area contributed by atoms with Crippen LogP contribution in [0, 0.1) is 22.7 Å². The molecule has 3 heteroatoms. The van der Waals surface area contributed by atoms with Crippen LogP contribution in [0.1, 0.15) is 25.7 Å². The zero-order valence-corrected chi connectivity index (χ0v) is 7.83. The summed E-state index contributed by atoms with van der Waals surface area (Å²) in [7, 11) is 0. The predicted octanol–water partition coefficient (Wildman–Crippen LogP) is 1.04. The molecule has 0 bridgehead atoms. The molecule has 0 aromatic carbocycles. The van der Waals surface area contributed by atoms with E-state index < -0.39 is 0 Å².